The standard InChI is InChI=1S/C17H30O2/c1-6-18-16-11-14(13(3)19-16)10-15-12(2)8-7-9-17(15,4)5/h13-14,16H,6-11H2,1-5H3/t13-,14+,16?/m1/s1. The molecule has 0 aromatic rings. The summed E-state index contributed by atoms with van der Waals surface area (Å²) in [6.45, 7) is 12.1. The molecule has 0 spiro atoms. The molecule has 0 saturated carbocycles. The molecule has 0 amide bonds. The molecule has 2 aliphatic rings. The fourth-order valence-corrected chi connectivity index (χ4v) is 3.78. The molecule has 0 radical (unpaired) electrons. The van der Waals surface area contributed by atoms with E-state index < -0.39 is 0 Å². The van der Waals surface area contributed by atoms with Gasteiger partial charge in [-0.1, -0.05) is 25.0 Å². The molecule has 1 aliphatic heterocycles. The summed E-state index contributed by atoms with van der Waals surface area (Å²) in [4.78, 5) is 0. The van der Waals surface area contributed by atoms with E-state index >= 15 is 0 Å². The van der Waals surface area contributed by atoms with Crippen LogP contribution in [0.1, 0.15) is 66.7 Å². The average molecular weight is 266 g/mol. The van der Waals surface area contributed by atoms with Crippen molar-refractivity contribution >= 4 is 0 Å². The Labute approximate surface area is 118 Å². The topological polar surface area (TPSA) is 18.5 Å². The zero-order valence-electron chi connectivity index (χ0n) is 13.3. The predicted molar refractivity (Wildman–Crippen MR) is 79.0 cm³/mol. The van der Waals surface area contributed by atoms with Crippen LogP contribution in [-0.4, -0.2) is 19.0 Å². The van der Waals surface area contributed by atoms with Crippen LogP contribution in [0.15, 0.2) is 11.1 Å². The zero-order valence-corrected chi connectivity index (χ0v) is 13.3. The Morgan fingerprint density at radius 3 is 2.74 bits per heavy atom. The maximum Gasteiger partial charge on any atom is 0.158 e. The Morgan fingerprint density at radius 2 is 2.11 bits per heavy atom. The highest BCUT2D eigenvalue weighted by atomic mass is 16.7. The molecule has 2 nitrogen and oxygen atoms in total. The minimum atomic E-state index is 0.0256. The fraction of sp³-hybridized carbons (Fsp3) is 0.882. The van der Waals surface area contributed by atoms with Crippen LogP contribution in [0.5, 0.6) is 0 Å². The molecule has 0 aromatic heterocycles. The molecule has 1 fully saturated rings. The molecule has 1 aliphatic carbocycles. The summed E-state index contributed by atoms with van der Waals surface area (Å²) in [6.07, 6.45) is 6.57. The third-order valence-corrected chi connectivity index (χ3v) is 5.03. The number of hydrogen-bond acceptors (Lipinski definition) is 2. The third kappa shape index (κ3) is 3.41. The van der Waals surface area contributed by atoms with E-state index in [9.17, 15) is 0 Å². The van der Waals surface area contributed by atoms with E-state index in [0.717, 1.165) is 13.0 Å². The monoisotopic (exact) mass is 266 g/mol. The second-order valence-corrected chi connectivity index (χ2v) is 6.92. The van der Waals surface area contributed by atoms with Crippen molar-refractivity contribution in [2.24, 2.45) is 11.3 Å². The van der Waals surface area contributed by atoms with Gasteiger partial charge in [0, 0.05) is 13.0 Å². The minimum absolute atomic E-state index is 0.0256. The maximum atomic E-state index is 5.91. The van der Waals surface area contributed by atoms with E-state index in [2.05, 4.69) is 27.7 Å². The number of allylic oxidation sites excluding steroid dienone is 2. The van der Waals surface area contributed by atoms with Crippen LogP contribution in [0.3, 0.4) is 0 Å². The van der Waals surface area contributed by atoms with Crippen molar-refractivity contribution in [1.29, 1.82) is 0 Å². The van der Waals surface area contributed by atoms with E-state index in [1.165, 1.54) is 25.7 Å². The van der Waals surface area contributed by atoms with Gasteiger partial charge in [-0.3, -0.25) is 0 Å². The van der Waals surface area contributed by atoms with Crippen LogP contribution in [0.4, 0.5) is 0 Å². The highest BCUT2D eigenvalue weighted by Crippen LogP contribution is 2.45. The van der Waals surface area contributed by atoms with Gasteiger partial charge in [-0.05, 0) is 57.8 Å². The van der Waals surface area contributed by atoms with Gasteiger partial charge in [0.15, 0.2) is 6.29 Å². The van der Waals surface area contributed by atoms with Crippen molar-refractivity contribution in [2.75, 3.05) is 6.61 Å². The van der Waals surface area contributed by atoms with E-state index in [1.807, 2.05) is 6.92 Å². The lowest BCUT2D eigenvalue weighted by molar-refractivity contribution is -0.127. The van der Waals surface area contributed by atoms with Crippen molar-refractivity contribution in [1.82, 2.24) is 0 Å². The smallest absolute Gasteiger partial charge is 0.158 e. The Balaban J connectivity index is 2.04. The summed E-state index contributed by atoms with van der Waals surface area (Å²) in [5.74, 6) is 0.624. The Morgan fingerprint density at radius 1 is 1.37 bits per heavy atom. The van der Waals surface area contributed by atoms with Crippen molar-refractivity contribution in [3.05, 3.63) is 11.1 Å². The van der Waals surface area contributed by atoms with Crippen LogP contribution in [0.25, 0.3) is 0 Å². The molecule has 1 unspecified atom stereocenters. The lowest BCUT2D eigenvalue weighted by atomic mass is 9.69. The molecule has 0 N–H and O–H groups in total. The molecule has 110 valence electrons. The average Bonchev–Trinajstić information content (AvgIpc) is 2.65. The molecule has 0 bridgehead atoms. The van der Waals surface area contributed by atoms with Gasteiger partial charge < -0.3 is 9.47 Å². The molecule has 3 atom stereocenters. The van der Waals surface area contributed by atoms with Gasteiger partial charge in [-0.15, -0.1) is 0 Å². The Kier molecular flexibility index (Phi) is 4.73. The molecule has 2 rings (SSSR count). The summed E-state index contributed by atoms with van der Waals surface area (Å²) in [5, 5.41) is 0. The summed E-state index contributed by atoms with van der Waals surface area (Å²) >= 11 is 0. The second-order valence-electron chi connectivity index (χ2n) is 6.92. The number of hydrogen-bond donors (Lipinski definition) is 0. The maximum absolute atomic E-state index is 5.91. The summed E-state index contributed by atoms with van der Waals surface area (Å²) < 4.78 is 11.5. The largest absolute Gasteiger partial charge is 0.353 e. The van der Waals surface area contributed by atoms with Gasteiger partial charge in [0.05, 0.1) is 6.10 Å². The van der Waals surface area contributed by atoms with Crippen molar-refractivity contribution in [3.8, 4) is 0 Å². The Hall–Kier alpha value is -0.340. The summed E-state index contributed by atoms with van der Waals surface area (Å²) in [6, 6.07) is 0. The van der Waals surface area contributed by atoms with Gasteiger partial charge in [0.2, 0.25) is 0 Å². The normalized spacial score (nSPS) is 34.9. The molecule has 0 aromatic carbocycles. The summed E-state index contributed by atoms with van der Waals surface area (Å²) in [5.41, 5.74) is 3.70. The molecule has 2 heteroatoms. The molecule has 1 heterocycles. The third-order valence-electron chi connectivity index (χ3n) is 5.03. The first-order valence-corrected chi connectivity index (χ1v) is 7.90. The predicted octanol–water partition coefficient (Wildman–Crippen LogP) is 4.69. The van der Waals surface area contributed by atoms with Crippen LogP contribution in [0, 0.1) is 11.3 Å². The molecule has 19 heavy (non-hydrogen) atoms. The minimum Gasteiger partial charge on any atom is -0.353 e. The van der Waals surface area contributed by atoms with Gasteiger partial charge in [0.25, 0.3) is 0 Å². The van der Waals surface area contributed by atoms with Crippen molar-refractivity contribution < 1.29 is 9.47 Å². The van der Waals surface area contributed by atoms with Gasteiger partial charge >= 0.3 is 0 Å². The Bertz CT molecular complexity index is 343. The lowest BCUT2D eigenvalue weighted by Crippen LogP contribution is -2.24. The second kappa shape index (κ2) is 5.97. The van der Waals surface area contributed by atoms with Crippen LogP contribution >= 0.6 is 0 Å². The highest BCUT2D eigenvalue weighted by molar-refractivity contribution is 5.23. The van der Waals surface area contributed by atoms with Crippen LogP contribution < -0.4 is 0 Å². The van der Waals surface area contributed by atoms with Crippen molar-refractivity contribution in [2.45, 2.75) is 79.1 Å². The first kappa shape index (κ1) is 15.1. The molecular weight excluding hydrogens is 236 g/mol. The fourth-order valence-electron chi connectivity index (χ4n) is 3.78. The van der Waals surface area contributed by atoms with E-state index in [1.54, 1.807) is 11.1 Å². The van der Waals surface area contributed by atoms with Gasteiger partial charge in [0.1, 0.15) is 0 Å². The molecule has 1 saturated heterocycles. The highest BCUT2D eigenvalue weighted by Gasteiger charge is 2.37. The van der Waals surface area contributed by atoms with E-state index in [-0.39, 0.29) is 6.29 Å². The van der Waals surface area contributed by atoms with Crippen molar-refractivity contribution in [3.63, 3.8) is 0 Å². The van der Waals surface area contributed by atoms with Crippen LogP contribution in [-0.2, 0) is 9.47 Å². The van der Waals surface area contributed by atoms with E-state index in [0.29, 0.717) is 17.4 Å². The lowest BCUT2D eigenvalue weighted by Gasteiger charge is -2.36. The summed E-state index contributed by atoms with van der Waals surface area (Å²) in [7, 11) is 0. The van der Waals surface area contributed by atoms with Crippen LogP contribution in [0.2, 0.25) is 0 Å². The first-order valence-electron chi connectivity index (χ1n) is 7.90. The van der Waals surface area contributed by atoms with E-state index in [4.69, 9.17) is 9.47 Å². The SMILES string of the molecule is CCOC1C[C@H](CC2=C(C)CCCC2(C)C)[C@@H](C)O1. The molecular formula is C17H30O2. The van der Waals surface area contributed by atoms with Gasteiger partial charge in [-0.2, -0.15) is 0 Å². The first-order chi connectivity index (χ1) is 8.94. The zero-order chi connectivity index (χ0) is 14.0. The number of rotatable bonds is 4. The quantitative estimate of drug-likeness (QED) is 0.687. The number of ether oxygens (including phenoxy) is 2. The van der Waals surface area contributed by atoms with Gasteiger partial charge in [-0.25, -0.2) is 0 Å².